The molecular formula is C22H24N8O3. The number of nitrogens with zero attached hydrogens (tertiary/aromatic N) is 2. The molecule has 2 aromatic carbocycles. The SMILES string of the molecule is N=C(N)c1ccc(-c2ccc(-c3ccc(C(=N)N)cc3CC(N)=NOCC(N)=NO)o2)cc1. The van der Waals surface area contributed by atoms with Crippen LogP contribution in [0.4, 0.5) is 0 Å². The van der Waals surface area contributed by atoms with Crippen LogP contribution >= 0.6 is 0 Å². The van der Waals surface area contributed by atoms with Crippen LogP contribution in [0.1, 0.15) is 16.7 Å². The van der Waals surface area contributed by atoms with Crippen molar-refractivity contribution >= 4 is 23.3 Å². The first-order valence-corrected chi connectivity index (χ1v) is 9.71. The summed E-state index contributed by atoms with van der Waals surface area (Å²) in [4.78, 5) is 4.96. The van der Waals surface area contributed by atoms with Crippen LogP contribution in [0.2, 0.25) is 0 Å². The fourth-order valence-corrected chi connectivity index (χ4v) is 3.04. The van der Waals surface area contributed by atoms with E-state index in [1.165, 1.54) is 0 Å². The van der Waals surface area contributed by atoms with Crippen LogP contribution in [-0.4, -0.2) is 35.2 Å². The number of hydrogen-bond donors (Lipinski definition) is 7. The molecule has 1 aromatic heterocycles. The molecule has 11 nitrogen and oxygen atoms in total. The Kier molecular flexibility index (Phi) is 6.94. The topological polar surface area (TPSA) is 219 Å². The van der Waals surface area contributed by atoms with Gasteiger partial charge in [-0.3, -0.25) is 10.8 Å². The molecule has 0 amide bonds. The largest absolute Gasteiger partial charge is 0.456 e. The van der Waals surface area contributed by atoms with Gasteiger partial charge in [0.15, 0.2) is 12.4 Å². The normalized spacial score (nSPS) is 11.9. The molecule has 11 N–H and O–H groups in total. The van der Waals surface area contributed by atoms with Crippen molar-refractivity contribution in [3.63, 3.8) is 0 Å². The summed E-state index contributed by atoms with van der Waals surface area (Å²) in [7, 11) is 0. The quantitative estimate of drug-likeness (QED) is 0.111. The third kappa shape index (κ3) is 5.67. The van der Waals surface area contributed by atoms with E-state index < -0.39 is 0 Å². The van der Waals surface area contributed by atoms with E-state index in [4.69, 9.17) is 48.2 Å². The van der Waals surface area contributed by atoms with E-state index in [0.29, 0.717) is 28.2 Å². The second-order valence-electron chi connectivity index (χ2n) is 7.06. The molecule has 0 atom stereocenters. The third-order valence-electron chi connectivity index (χ3n) is 4.66. The molecule has 0 radical (unpaired) electrons. The fourth-order valence-electron chi connectivity index (χ4n) is 3.04. The van der Waals surface area contributed by atoms with E-state index >= 15 is 0 Å². The number of oxime groups is 2. The number of amidine groups is 4. The van der Waals surface area contributed by atoms with E-state index in [1.54, 1.807) is 30.3 Å². The van der Waals surface area contributed by atoms with Crippen molar-refractivity contribution in [3.05, 3.63) is 71.3 Å². The average molecular weight is 448 g/mol. The van der Waals surface area contributed by atoms with Crippen molar-refractivity contribution in [1.29, 1.82) is 10.8 Å². The smallest absolute Gasteiger partial charge is 0.180 e. The summed E-state index contributed by atoms with van der Waals surface area (Å²) in [5.74, 6) is 1.10. The lowest BCUT2D eigenvalue weighted by atomic mass is 9.98. The van der Waals surface area contributed by atoms with Gasteiger partial charge in [-0.1, -0.05) is 46.7 Å². The van der Waals surface area contributed by atoms with Crippen LogP contribution in [0.15, 0.2) is 69.3 Å². The van der Waals surface area contributed by atoms with Gasteiger partial charge in [-0.2, -0.15) is 0 Å². The van der Waals surface area contributed by atoms with Crippen molar-refractivity contribution in [1.82, 2.24) is 0 Å². The summed E-state index contributed by atoms with van der Waals surface area (Å²) in [6.45, 7) is -0.221. The van der Waals surface area contributed by atoms with E-state index in [9.17, 15) is 0 Å². The zero-order chi connectivity index (χ0) is 24.0. The summed E-state index contributed by atoms with van der Waals surface area (Å²) in [6.07, 6.45) is 0.177. The average Bonchev–Trinajstić information content (AvgIpc) is 3.29. The zero-order valence-corrected chi connectivity index (χ0v) is 17.6. The van der Waals surface area contributed by atoms with Gasteiger partial charge in [0, 0.05) is 28.7 Å². The van der Waals surface area contributed by atoms with Gasteiger partial charge < -0.3 is 37.4 Å². The highest BCUT2D eigenvalue weighted by Crippen LogP contribution is 2.31. The number of benzene rings is 2. The van der Waals surface area contributed by atoms with Gasteiger partial charge in [-0.05, 0) is 23.8 Å². The molecule has 0 saturated carbocycles. The van der Waals surface area contributed by atoms with E-state index in [2.05, 4.69) is 10.3 Å². The fraction of sp³-hybridized carbons (Fsp3) is 0.0909. The third-order valence-corrected chi connectivity index (χ3v) is 4.66. The molecule has 3 aromatic rings. The Hall–Kier alpha value is -4.80. The van der Waals surface area contributed by atoms with E-state index in [1.807, 2.05) is 24.3 Å². The molecule has 11 heteroatoms. The first-order valence-electron chi connectivity index (χ1n) is 9.71. The number of hydrogen-bond acceptors (Lipinski definition) is 7. The first kappa shape index (κ1) is 22.9. The van der Waals surface area contributed by atoms with Gasteiger partial charge in [0.25, 0.3) is 0 Å². The molecule has 33 heavy (non-hydrogen) atoms. The highest BCUT2D eigenvalue weighted by Gasteiger charge is 2.14. The van der Waals surface area contributed by atoms with Crippen LogP contribution in [0.3, 0.4) is 0 Å². The minimum atomic E-state index is -0.221. The molecule has 0 unspecified atom stereocenters. The molecule has 0 aliphatic rings. The number of nitrogen functional groups attached to an aromatic ring is 2. The molecule has 0 aliphatic heterocycles. The Balaban J connectivity index is 1.90. The maximum absolute atomic E-state index is 8.55. The lowest BCUT2D eigenvalue weighted by Gasteiger charge is -2.10. The number of furan rings is 1. The first-order chi connectivity index (χ1) is 15.8. The Morgan fingerprint density at radius 1 is 0.848 bits per heavy atom. The van der Waals surface area contributed by atoms with Crippen LogP contribution in [0.25, 0.3) is 22.6 Å². The molecule has 0 bridgehead atoms. The molecule has 0 fully saturated rings. The minimum Gasteiger partial charge on any atom is -0.456 e. The van der Waals surface area contributed by atoms with Crippen molar-refractivity contribution < 1.29 is 14.5 Å². The van der Waals surface area contributed by atoms with Gasteiger partial charge >= 0.3 is 0 Å². The van der Waals surface area contributed by atoms with Gasteiger partial charge in [-0.25, -0.2) is 0 Å². The van der Waals surface area contributed by atoms with Gasteiger partial charge in [0.2, 0.25) is 0 Å². The van der Waals surface area contributed by atoms with Gasteiger partial charge in [0.05, 0.1) is 0 Å². The maximum Gasteiger partial charge on any atom is 0.180 e. The van der Waals surface area contributed by atoms with Crippen LogP contribution in [-0.2, 0) is 11.3 Å². The number of nitrogens with one attached hydrogen (secondary N) is 2. The molecule has 170 valence electrons. The Labute approximate surface area is 189 Å². The molecular weight excluding hydrogens is 424 g/mol. The summed E-state index contributed by atoms with van der Waals surface area (Å²) >= 11 is 0. The van der Waals surface area contributed by atoms with Crippen molar-refractivity contribution in [3.8, 4) is 22.6 Å². The Bertz CT molecular complexity index is 1230. The van der Waals surface area contributed by atoms with Gasteiger partial charge in [-0.15, -0.1) is 0 Å². The standard InChI is InChI=1S/C22H24N8O3/c23-19(30-32-11-20(24)29-31)10-15-9-14(22(27)28)5-6-16(15)18-8-7-17(33-18)12-1-3-13(4-2-12)21(25)26/h1-9,31H,10-11H2,(H2,23,30)(H2,24,29)(H3,25,26)(H3,27,28). The molecule has 0 spiro atoms. The predicted molar refractivity (Wildman–Crippen MR) is 126 cm³/mol. The Morgan fingerprint density at radius 3 is 2.12 bits per heavy atom. The van der Waals surface area contributed by atoms with E-state index in [0.717, 1.165) is 11.1 Å². The van der Waals surface area contributed by atoms with Gasteiger partial charge in [0.1, 0.15) is 29.0 Å². The van der Waals surface area contributed by atoms with Crippen LogP contribution in [0.5, 0.6) is 0 Å². The second kappa shape index (κ2) is 10.0. The number of rotatable bonds is 9. The summed E-state index contributed by atoms with van der Waals surface area (Å²) in [5.41, 5.74) is 25.9. The minimum absolute atomic E-state index is 0.00792. The highest BCUT2D eigenvalue weighted by molar-refractivity contribution is 5.96. The molecule has 0 saturated heterocycles. The van der Waals surface area contributed by atoms with E-state index in [-0.39, 0.29) is 36.4 Å². The highest BCUT2D eigenvalue weighted by atomic mass is 16.6. The van der Waals surface area contributed by atoms with Crippen LogP contribution in [0, 0.1) is 10.8 Å². The van der Waals surface area contributed by atoms with Crippen molar-refractivity contribution in [2.75, 3.05) is 6.61 Å². The summed E-state index contributed by atoms with van der Waals surface area (Å²) < 4.78 is 6.06. The lowest BCUT2D eigenvalue weighted by molar-refractivity contribution is 0.179. The summed E-state index contributed by atoms with van der Waals surface area (Å²) in [5, 5.41) is 30.3. The lowest BCUT2D eigenvalue weighted by Crippen LogP contribution is -2.21. The van der Waals surface area contributed by atoms with Crippen molar-refractivity contribution in [2.24, 2.45) is 33.2 Å². The predicted octanol–water partition coefficient (Wildman–Crippen LogP) is 1.76. The zero-order valence-electron chi connectivity index (χ0n) is 17.6. The number of nitrogens with two attached hydrogens (primary N) is 4. The molecule has 0 aliphatic carbocycles. The Morgan fingerprint density at radius 2 is 1.48 bits per heavy atom. The maximum atomic E-state index is 8.55. The monoisotopic (exact) mass is 448 g/mol. The van der Waals surface area contributed by atoms with Crippen molar-refractivity contribution in [2.45, 2.75) is 6.42 Å². The summed E-state index contributed by atoms with van der Waals surface area (Å²) in [6, 6.07) is 16.0. The second-order valence-corrected chi connectivity index (χ2v) is 7.06. The van der Waals surface area contributed by atoms with Crippen LogP contribution < -0.4 is 22.9 Å². The molecule has 3 rings (SSSR count). The molecule has 1 heterocycles.